The molecule has 4 aromatic heterocycles. The highest BCUT2D eigenvalue weighted by Crippen LogP contribution is 2.37. The second kappa shape index (κ2) is 41.7. The molecule has 12 aromatic rings. The monoisotopic (exact) mass is 1790 g/mol. The third kappa shape index (κ3) is 22.9. The lowest BCUT2D eigenvalue weighted by molar-refractivity contribution is 0.0604. The summed E-state index contributed by atoms with van der Waals surface area (Å²) < 4.78 is 145. The summed E-state index contributed by atoms with van der Waals surface area (Å²) in [7, 11) is -14.8. The summed E-state index contributed by atoms with van der Waals surface area (Å²) >= 11 is 0. The van der Waals surface area contributed by atoms with E-state index in [1.165, 1.54) is 14.2 Å². The average molecular weight is 1790 g/mol. The van der Waals surface area contributed by atoms with Gasteiger partial charge >= 0.3 is 0 Å². The van der Waals surface area contributed by atoms with Gasteiger partial charge in [-0.1, -0.05) is 96.5 Å². The summed E-state index contributed by atoms with van der Waals surface area (Å²) in [6.45, 7) is 39.1. The first-order valence-corrected chi connectivity index (χ1v) is 50.6. The number of benzene rings is 8. The van der Waals surface area contributed by atoms with Gasteiger partial charge in [0, 0.05) is 126 Å². The molecule has 126 heavy (non-hydrogen) atoms. The summed E-state index contributed by atoms with van der Waals surface area (Å²) in [4.78, 5) is 1.19. The van der Waals surface area contributed by atoms with Gasteiger partial charge in [0.05, 0.1) is 89.2 Å². The molecule has 28 heteroatoms. The zero-order valence-electron chi connectivity index (χ0n) is 75.8. The van der Waals surface area contributed by atoms with Gasteiger partial charge in [0.2, 0.25) is 0 Å². The predicted octanol–water partition coefficient (Wildman–Crippen LogP) is 19.1. The Morgan fingerprint density at radius 3 is 1.00 bits per heavy atom. The van der Waals surface area contributed by atoms with Gasteiger partial charge < -0.3 is 18.9 Å². The molecule has 4 aliphatic heterocycles. The van der Waals surface area contributed by atoms with Crippen molar-refractivity contribution in [2.24, 2.45) is 41.4 Å². The second-order valence-electron chi connectivity index (χ2n) is 36.1. The number of hydrogen-bond donors (Lipinski definition) is 0. The Morgan fingerprint density at radius 1 is 0.341 bits per heavy atom. The number of aromatic nitrogens is 8. The van der Waals surface area contributed by atoms with Gasteiger partial charge in [0.15, 0.2) is 0 Å². The van der Waals surface area contributed by atoms with Crippen LogP contribution in [-0.2, 0) is 91.6 Å². The standard InChI is InChI=1S/2C25H33N3O3S.2C24H31N3O3S/c1-18(2)16-28(24-7-5-19(3)13-20(24)4)32(29,30)23-6-8-25-22(14-23)15-26-27(25)17-21-9-11-31-12-10-21;1-18(2)16-28(23-12-19(3)11-20(4)13-23)32(29,30)24-5-6-25-22(14-24)15-26-27(25)17-21-7-9-31-10-8-21;1-18(2)16-27(22-6-4-5-19(3)13-22)31(28,29)23-7-8-24-21(14-23)15-25-26(24)17-20-9-11-30-12-10-20;1-4-19-5-7-22(8-6-19)27(18(2)3)31(28,29)23-9-10-24-21(15-23)16-25-26(24)17-20-11-13-30-14-12-20/h5-8,13-15,18,21H,9-12,16-17H2,1-4H3;5-6,11-15,18,21H,7-10,16-17H2,1-4H3;4-8,13-15,18,20H,9-12,16-17H2,1-3H3;5-10,15-16,18,20H,4,11-14,17H2,1-3H3. The lowest BCUT2D eigenvalue weighted by Crippen LogP contribution is -2.37. The summed E-state index contributed by atoms with van der Waals surface area (Å²) in [6, 6.07) is 48.5. The number of nitrogens with zero attached hydrogens (tertiary/aromatic N) is 12. The van der Waals surface area contributed by atoms with E-state index < -0.39 is 40.1 Å². The zero-order valence-corrected chi connectivity index (χ0v) is 79.1. The molecule has 0 saturated carbocycles. The van der Waals surface area contributed by atoms with Crippen LogP contribution in [0.5, 0.6) is 0 Å². The molecule has 4 fully saturated rings. The first-order chi connectivity index (χ1) is 60.2. The number of fused-ring (bicyclic) bond motifs is 4. The summed E-state index contributed by atoms with van der Waals surface area (Å²) in [5, 5.41) is 21.6. The fourth-order valence-corrected chi connectivity index (χ4v) is 24.0. The molecule has 0 aliphatic carbocycles. The molecule has 8 aromatic carbocycles. The van der Waals surface area contributed by atoms with E-state index in [4.69, 9.17) is 18.9 Å². The van der Waals surface area contributed by atoms with Gasteiger partial charge in [0.1, 0.15) is 0 Å². The van der Waals surface area contributed by atoms with Gasteiger partial charge in [0.25, 0.3) is 40.1 Å². The van der Waals surface area contributed by atoms with Gasteiger partial charge in [-0.05, 0) is 291 Å². The second-order valence-corrected chi connectivity index (χ2v) is 43.5. The van der Waals surface area contributed by atoms with Crippen LogP contribution in [0.2, 0.25) is 0 Å². The maximum absolute atomic E-state index is 13.8. The van der Waals surface area contributed by atoms with E-state index >= 15 is 0 Å². The number of ether oxygens (including phenoxy) is 4. The molecule has 8 heterocycles. The molecule has 0 spiro atoms. The van der Waals surface area contributed by atoms with Crippen LogP contribution in [0, 0.1) is 76.0 Å². The zero-order chi connectivity index (χ0) is 89.8. The van der Waals surface area contributed by atoms with Crippen LogP contribution in [0.1, 0.15) is 147 Å². The van der Waals surface area contributed by atoms with E-state index in [1.807, 2.05) is 212 Å². The molecule has 676 valence electrons. The minimum absolute atomic E-state index is 0.191. The van der Waals surface area contributed by atoms with Crippen LogP contribution in [0.15, 0.2) is 202 Å². The SMILES string of the molecule is CCc1ccc(N(C(C)C)S(=O)(=O)c2ccc3c(cnn3CC3CCOCC3)c2)cc1.Cc1cc(C)cc(N(CC(C)C)S(=O)(=O)c2ccc3c(cnn3CC3CCOCC3)c2)c1.Cc1ccc(N(CC(C)C)S(=O)(=O)c2ccc3c(cnn3CC3CCOCC3)c2)c(C)c1.Cc1cccc(N(CC(C)C)S(=O)(=O)c2ccc3c(cnn3CC3CCOCC3)c2)c1. The first-order valence-electron chi connectivity index (χ1n) is 44.8. The van der Waals surface area contributed by atoms with Crippen LogP contribution >= 0.6 is 0 Å². The Labute approximate surface area is 746 Å². The molecule has 0 amide bonds. The van der Waals surface area contributed by atoms with Crippen molar-refractivity contribution in [3.05, 3.63) is 216 Å². The summed E-state index contributed by atoms with van der Waals surface area (Å²) in [5.74, 6) is 2.75. The molecular weight excluding hydrogens is 1670 g/mol. The van der Waals surface area contributed by atoms with Crippen LogP contribution in [0.3, 0.4) is 0 Å². The van der Waals surface area contributed by atoms with Crippen molar-refractivity contribution in [1.29, 1.82) is 0 Å². The number of rotatable bonds is 28. The quantitative estimate of drug-likeness (QED) is 0.0441. The smallest absolute Gasteiger partial charge is 0.264 e. The van der Waals surface area contributed by atoms with E-state index in [-0.39, 0.29) is 23.8 Å². The average Bonchev–Trinajstić information content (AvgIpc) is 1.26. The van der Waals surface area contributed by atoms with Crippen LogP contribution < -0.4 is 17.2 Å². The number of anilines is 4. The molecule has 0 unspecified atom stereocenters. The molecule has 0 N–H and O–H groups in total. The minimum Gasteiger partial charge on any atom is -0.381 e. The number of sulfonamides is 4. The maximum Gasteiger partial charge on any atom is 0.264 e. The minimum atomic E-state index is -3.71. The predicted molar refractivity (Wildman–Crippen MR) is 505 cm³/mol. The fourth-order valence-electron chi connectivity index (χ4n) is 17.2. The molecule has 0 radical (unpaired) electrons. The number of aryl methyl sites for hydroxylation is 6. The Morgan fingerprint density at radius 2 is 0.667 bits per heavy atom. The maximum atomic E-state index is 13.8. The lowest BCUT2D eigenvalue weighted by atomic mass is 10.0. The first kappa shape index (κ1) is 94.1. The molecule has 4 aliphatic rings. The van der Waals surface area contributed by atoms with E-state index in [1.54, 1.807) is 81.9 Å². The van der Waals surface area contributed by atoms with Gasteiger partial charge in [-0.15, -0.1) is 0 Å². The third-order valence-electron chi connectivity index (χ3n) is 23.9. The van der Waals surface area contributed by atoms with Crippen molar-refractivity contribution >= 4 is 106 Å². The molecular formula is C98H128N12O12S4. The Bertz CT molecular complexity index is 6140. The fraction of sp³-hybridized carbons (Fsp3) is 0.469. The van der Waals surface area contributed by atoms with E-state index in [9.17, 15) is 33.7 Å². The van der Waals surface area contributed by atoms with Crippen molar-refractivity contribution in [2.75, 3.05) is 89.7 Å². The van der Waals surface area contributed by atoms with Gasteiger partial charge in [-0.3, -0.25) is 35.9 Å². The van der Waals surface area contributed by atoms with Gasteiger partial charge in [-0.2, -0.15) is 20.4 Å². The summed E-state index contributed by atoms with van der Waals surface area (Å²) in [6.07, 6.45) is 16.3. The molecule has 24 nitrogen and oxygen atoms in total. The van der Waals surface area contributed by atoms with Crippen molar-refractivity contribution in [2.45, 2.75) is 207 Å². The highest BCUT2D eigenvalue weighted by molar-refractivity contribution is 7.93. The third-order valence-corrected chi connectivity index (χ3v) is 31.3. The van der Waals surface area contributed by atoms with Crippen molar-refractivity contribution in [3.63, 3.8) is 0 Å². The van der Waals surface area contributed by atoms with Crippen molar-refractivity contribution < 1.29 is 52.6 Å². The normalized spacial score (nSPS) is 15.6. The molecule has 4 saturated heterocycles. The van der Waals surface area contributed by atoms with Crippen LogP contribution in [0.25, 0.3) is 43.6 Å². The molecule has 16 rings (SSSR count). The highest BCUT2D eigenvalue weighted by atomic mass is 32.2. The van der Waals surface area contributed by atoms with Crippen molar-refractivity contribution in [3.8, 4) is 0 Å². The van der Waals surface area contributed by atoms with E-state index in [2.05, 4.69) is 33.4 Å². The van der Waals surface area contributed by atoms with Gasteiger partial charge in [-0.25, -0.2) is 33.7 Å². The van der Waals surface area contributed by atoms with E-state index in [0.717, 1.165) is 214 Å². The lowest BCUT2D eigenvalue weighted by Gasteiger charge is -2.28. The molecule has 0 atom stereocenters. The topological polar surface area (TPSA) is 258 Å². The van der Waals surface area contributed by atoms with Crippen molar-refractivity contribution in [1.82, 2.24) is 39.1 Å². The molecule has 0 bridgehead atoms. The largest absolute Gasteiger partial charge is 0.381 e. The Balaban J connectivity index is 0.000000144. The van der Waals surface area contributed by atoms with Crippen LogP contribution in [-0.4, -0.2) is 151 Å². The summed E-state index contributed by atoms with van der Waals surface area (Å²) in [5.41, 5.74) is 13.1. The Hall–Kier alpha value is -9.52. The number of hydrogen-bond acceptors (Lipinski definition) is 16. The van der Waals surface area contributed by atoms with E-state index in [0.29, 0.717) is 79.9 Å². The van der Waals surface area contributed by atoms with Crippen LogP contribution in [0.4, 0.5) is 22.7 Å². The highest BCUT2D eigenvalue weighted by Gasteiger charge is 2.34. The Kier molecular flexibility index (Phi) is 31.2.